The maximum absolute atomic E-state index is 8.92. The van der Waals surface area contributed by atoms with Crippen LogP contribution in [0.4, 0.5) is 0 Å². The van der Waals surface area contributed by atoms with Crippen molar-refractivity contribution in [1.29, 1.82) is 10.7 Å². The van der Waals surface area contributed by atoms with E-state index in [2.05, 4.69) is 6.07 Å². The minimum Gasteiger partial charge on any atom is -0.308 e. The first-order valence-corrected chi connectivity index (χ1v) is 4.37. The predicted molar refractivity (Wildman–Crippen MR) is 50.8 cm³/mol. The van der Waals surface area contributed by atoms with E-state index in [0.29, 0.717) is 5.71 Å². The topological polar surface area (TPSA) is 47.6 Å². The average Bonchev–Trinajstić information content (AvgIpc) is 2.18. The molecular weight excluding hydrogens is 160 g/mol. The van der Waals surface area contributed by atoms with Gasteiger partial charge in [-0.3, -0.25) is 0 Å². The number of nitrogens with zero attached hydrogens (tertiary/aromatic N) is 1. The molecule has 0 radical (unpaired) electrons. The van der Waals surface area contributed by atoms with Crippen LogP contribution < -0.4 is 0 Å². The average molecular weight is 170 g/mol. The van der Waals surface area contributed by atoms with E-state index in [0.717, 1.165) is 18.4 Å². The molecule has 0 bridgehead atoms. The second-order valence-electron chi connectivity index (χ2n) is 3.29. The molecule has 0 saturated carbocycles. The molecule has 1 unspecified atom stereocenters. The van der Waals surface area contributed by atoms with Gasteiger partial charge in [-0.1, -0.05) is 24.3 Å². The molecule has 2 nitrogen and oxygen atoms in total. The SMILES string of the molecule is N#CC1C(=N)CCc2ccccc21. The van der Waals surface area contributed by atoms with Gasteiger partial charge in [0.15, 0.2) is 0 Å². The Morgan fingerprint density at radius 3 is 2.85 bits per heavy atom. The summed E-state index contributed by atoms with van der Waals surface area (Å²) in [6.45, 7) is 0. The summed E-state index contributed by atoms with van der Waals surface area (Å²) in [6, 6.07) is 10.1. The molecule has 0 aromatic heterocycles. The molecule has 1 aromatic rings. The highest BCUT2D eigenvalue weighted by Gasteiger charge is 2.23. The Bertz CT molecular complexity index is 387. The molecule has 1 N–H and O–H groups in total. The van der Waals surface area contributed by atoms with Crippen LogP contribution in [0, 0.1) is 16.7 Å². The van der Waals surface area contributed by atoms with Crippen LogP contribution in [-0.2, 0) is 6.42 Å². The molecule has 0 heterocycles. The van der Waals surface area contributed by atoms with Crippen LogP contribution in [0.3, 0.4) is 0 Å². The van der Waals surface area contributed by atoms with E-state index in [9.17, 15) is 0 Å². The minimum atomic E-state index is -0.301. The van der Waals surface area contributed by atoms with Crippen LogP contribution in [0.1, 0.15) is 23.5 Å². The molecule has 1 aliphatic rings. The third-order valence-corrected chi connectivity index (χ3v) is 2.51. The van der Waals surface area contributed by atoms with Crippen molar-refractivity contribution < 1.29 is 0 Å². The zero-order valence-electron chi connectivity index (χ0n) is 7.25. The Morgan fingerprint density at radius 1 is 1.31 bits per heavy atom. The summed E-state index contributed by atoms with van der Waals surface area (Å²) in [5, 5.41) is 16.6. The van der Waals surface area contributed by atoms with Crippen LogP contribution in [0.25, 0.3) is 0 Å². The lowest BCUT2D eigenvalue weighted by Crippen LogP contribution is -2.18. The third-order valence-electron chi connectivity index (χ3n) is 2.51. The van der Waals surface area contributed by atoms with Gasteiger partial charge in [0.2, 0.25) is 0 Å². The summed E-state index contributed by atoms with van der Waals surface area (Å²) in [6.07, 6.45) is 1.64. The second-order valence-corrected chi connectivity index (χ2v) is 3.29. The standard InChI is InChI=1S/C11H10N2/c12-7-10-9-4-2-1-3-8(9)5-6-11(10)13/h1-4,10,13H,5-6H2. The molecule has 1 atom stereocenters. The smallest absolute Gasteiger partial charge is 0.109 e. The van der Waals surface area contributed by atoms with Gasteiger partial charge in [0, 0.05) is 5.71 Å². The monoisotopic (exact) mass is 170 g/mol. The molecule has 0 saturated heterocycles. The van der Waals surface area contributed by atoms with Gasteiger partial charge in [-0.05, 0) is 24.0 Å². The molecule has 0 aliphatic heterocycles. The molecule has 0 amide bonds. The molecule has 64 valence electrons. The lowest BCUT2D eigenvalue weighted by Gasteiger charge is -2.20. The van der Waals surface area contributed by atoms with E-state index in [1.807, 2.05) is 24.3 Å². The first-order chi connectivity index (χ1) is 6.33. The van der Waals surface area contributed by atoms with E-state index in [4.69, 9.17) is 10.7 Å². The molecule has 13 heavy (non-hydrogen) atoms. The molecule has 1 aliphatic carbocycles. The van der Waals surface area contributed by atoms with Crippen molar-refractivity contribution in [2.75, 3.05) is 0 Å². The largest absolute Gasteiger partial charge is 0.308 e. The lowest BCUT2D eigenvalue weighted by molar-refractivity contribution is 0.896. The van der Waals surface area contributed by atoms with Gasteiger partial charge >= 0.3 is 0 Å². The normalized spacial score (nSPS) is 20.5. The van der Waals surface area contributed by atoms with E-state index in [1.54, 1.807) is 0 Å². The second kappa shape index (κ2) is 3.02. The van der Waals surface area contributed by atoms with E-state index in [1.165, 1.54) is 5.56 Å². The van der Waals surface area contributed by atoms with Gasteiger partial charge < -0.3 is 5.41 Å². The van der Waals surface area contributed by atoms with Crippen molar-refractivity contribution in [1.82, 2.24) is 0 Å². The van der Waals surface area contributed by atoms with Gasteiger partial charge in [-0.2, -0.15) is 5.26 Å². The Morgan fingerprint density at radius 2 is 2.08 bits per heavy atom. The summed E-state index contributed by atoms with van der Waals surface area (Å²) < 4.78 is 0. The van der Waals surface area contributed by atoms with Crippen molar-refractivity contribution in [2.45, 2.75) is 18.8 Å². The summed E-state index contributed by atoms with van der Waals surface area (Å²) in [5.74, 6) is -0.301. The van der Waals surface area contributed by atoms with Crippen LogP contribution in [-0.4, -0.2) is 5.71 Å². The fourth-order valence-electron chi connectivity index (χ4n) is 1.79. The van der Waals surface area contributed by atoms with Crippen molar-refractivity contribution in [3.8, 4) is 6.07 Å². The molecule has 2 rings (SSSR count). The molecular formula is C11H10N2. The highest BCUT2D eigenvalue weighted by Crippen LogP contribution is 2.28. The fourth-order valence-corrected chi connectivity index (χ4v) is 1.79. The molecule has 0 spiro atoms. The third kappa shape index (κ3) is 1.23. The predicted octanol–water partition coefficient (Wildman–Crippen LogP) is 2.26. The Kier molecular flexibility index (Phi) is 1.86. The first-order valence-electron chi connectivity index (χ1n) is 4.37. The van der Waals surface area contributed by atoms with Crippen molar-refractivity contribution in [3.05, 3.63) is 35.4 Å². The van der Waals surface area contributed by atoms with Gasteiger partial charge in [0.1, 0.15) is 5.92 Å². The van der Waals surface area contributed by atoms with Gasteiger partial charge in [-0.25, -0.2) is 0 Å². The zero-order chi connectivity index (χ0) is 9.26. The van der Waals surface area contributed by atoms with E-state index < -0.39 is 0 Å². The van der Waals surface area contributed by atoms with Crippen LogP contribution in [0.15, 0.2) is 24.3 Å². The highest BCUT2D eigenvalue weighted by atomic mass is 14.5. The number of hydrogen-bond acceptors (Lipinski definition) is 2. The number of nitriles is 1. The number of fused-ring (bicyclic) bond motifs is 1. The van der Waals surface area contributed by atoms with Gasteiger partial charge in [-0.15, -0.1) is 0 Å². The van der Waals surface area contributed by atoms with Crippen LogP contribution in [0.5, 0.6) is 0 Å². The molecule has 2 heteroatoms. The van der Waals surface area contributed by atoms with E-state index >= 15 is 0 Å². The first kappa shape index (κ1) is 8.00. The summed E-state index contributed by atoms with van der Waals surface area (Å²) in [5.41, 5.74) is 2.81. The maximum Gasteiger partial charge on any atom is 0.109 e. The van der Waals surface area contributed by atoms with Crippen LogP contribution >= 0.6 is 0 Å². The lowest BCUT2D eigenvalue weighted by atomic mass is 9.82. The van der Waals surface area contributed by atoms with Crippen molar-refractivity contribution >= 4 is 5.71 Å². The van der Waals surface area contributed by atoms with Crippen molar-refractivity contribution in [2.24, 2.45) is 0 Å². The number of aryl methyl sites for hydroxylation is 1. The fraction of sp³-hybridized carbons (Fsp3) is 0.273. The summed E-state index contributed by atoms with van der Waals surface area (Å²) in [4.78, 5) is 0. The minimum absolute atomic E-state index is 0.301. The zero-order valence-corrected chi connectivity index (χ0v) is 7.25. The molecule has 1 aromatic carbocycles. The Hall–Kier alpha value is -1.62. The number of hydrogen-bond donors (Lipinski definition) is 1. The number of rotatable bonds is 0. The Balaban J connectivity index is 2.53. The number of nitrogens with one attached hydrogen (secondary N) is 1. The van der Waals surface area contributed by atoms with Crippen molar-refractivity contribution in [3.63, 3.8) is 0 Å². The summed E-state index contributed by atoms with van der Waals surface area (Å²) in [7, 11) is 0. The highest BCUT2D eigenvalue weighted by molar-refractivity contribution is 5.92. The quantitative estimate of drug-likeness (QED) is 0.637. The Labute approximate surface area is 77.3 Å². The van der Waals surface area contributed by atoms with E-state index in [-0.39, 0.29) is 5.92 Å². The molecule has 0 fully saturated rings. The number of benzene rings is 1. The summed E-state index contributed by atoms with van der Waals surface area (Å²) >= 11 is 0. The maximum atomic E-state index is 8.92. The van der Waals surface area contributed by atoms with Crippen LogP contribution in [0.2, 0.25) is 0 Å². The van der Waals surface area contributed by atoms with Gasteiger partial charge in [0.25, 0.3) is 0 Å². The van der Waals surface area contributed by atoms with Gasteiger partial charge in [0.05, 0.1) is 6.07 Å².